The Morgan fingerprint density at radius 2 is 2.22 bits per heavy atom. The van der Waals surface area contributed by atoms with E-state index in [0.717, 1.165) is 21.5 Å². The molecular formula is C14H14BrNO2. The molecule has 3 nitrogen and oxygen atoms in total. The van der Waals surface area contributed by atoms with Crippen LogP contribution >= 0.6 is 15.9 Å². The Bertz CT molecular complexity index is 535. The number of hydrogen-bond acceptors (Lipinski definition) is 2. The molecule has 1 N–H and O–H groups in total. The fraction of sp³-hybridized carbons (Fsp3) is 0.214. The van der Waals surface area contributed by atoms with E-state index in [2.05, 4.69) is 21.2 Å². The van der Waals surface area contributed by atoms with Gasteiger partial charge in [-0.3, -0.25) is 4.79 Å². The van der Waals surface area contributed by atoms with Crippen molar-refractivity contribution in [1.29, 1.82) is 0 Å². The lowest BCUT2D eigenvalue weighted by Crippen LogP contribution is -2.12. The summed E-state index contributed by atoms with van der Waals surface area (Å²) in [6.07, 6.45) is 2.66. The van der Waals surface area contributed by atoms with Crippen LogP contribution in [0, 0.1) is 6.92 Å². The van der Waals surface area contributed by atoms with Crippen molar-refractivity contribution in [3.05, 3.63) is 52.4 Å². The molecule has 0 radical (unpaired) electrons. The first-order chi connectivity index (χ1) is 8.65. The highest BCUT2D eigenvalue weighted by Gasteiger charge is 2.05. The number of carbonyl (C=O) groups excluding carboxylic acids is 1. The van der Waals surface area contributed by atoms with Crippen molar-refractivity contribution >= 4 is 27.5 Å². The minimum atomic E-state index is -0.00637. The van der Waals surface area contributed by atoms with E-state index < -0.39 is 0 Å². The third-order valence-corrected chi connectivity index (χ3v) is 3.51. The molecule has 1 amide bonds. The molecule has 0 aliphatic heterocycles. The molecule has 0 saturated carbocycles. The second kappa shape index (κ2) is 5.87. The summed E-state index contributed by atoms with van der Waals surface area (Å²) in [5.41, 5.74) is 1.92. The molecule has 0 spiro atoms. The zero-order chi connectivity index (χ0) is 13.0. The lowest BCUT2D eigenvalue weighted by atomic mass is 10.2. The molecular weight excluding hydrogens is 294 g/mol. The number of hydrogen-bond donors (Lipinski definition) is 1. The van der Waals surface area contributed by atoms with E-state index in [1.165, 1.54) is 0 Å². The molecule has 2 aromatic rings. The van der Waals surface area contributed by atoms with Gasteiger partial charge < -0.3 is 9.73 Å². The third-order valence-electron chi connectivity index (χ3n) is 2.62. The van der Waals surface area contributed by atoms with Crippen molar-refractivity contribution in [1.82, 2.24) is 0 Å². The Morgan fingerprint density at radius 1 is 1.39 bits per heavy atom. The predicted molar refractivity (Wildman–Crippen MR) is 74.5 cm³/mol. The van der Waals surface area contributed by atoms with Gasteiger partial charge in [0.1, 0.15) is 5.76 Å². The van der Waals surface area contributed by atoms with Gasteiger partial charge in [0.15, 0.2) is 0 Å². The van der Waals surface area contributed by atoms with Crippen molar-refractivity contribution in [2.75, 3.05) is 5.32 Å². The zero-order valence-electron chi connectivity index (χ0n) is 10.1. The molecule has 0 aliphatic carbocycles. The van der Waals surface area contributed by atoms with E-state index in [1.807, 2.05) is 37.3 Å². The third kappa shape index (κ3) is 3.47. The maximum Gasteiger partial charge on any atom is 0.224 e. The first kappa shape index (κ1) is 12.9. The standard InChI is InChI=1S/C14H14BrNO2/c1-10-9-11(4-6-13(10)15)16-14(17)7-5-12-3-2-8-18-12/h2-4,6,8-9H,5,7H2,1H3,(H,16,17). The van der Waals surface area contributed by atoms with Gasteiger partial charge in [0, 0.05) is 23.0 Å². The van der Waals surface area contributed by atoms with E-state index in [-0.39, 0.29) is 5.91 Å². The zero-order valence-corrected chi connectivity index (χ0v) is 11.7. The number of aryl methyl sites for hydroxylation is 2. The van der Waals surface area contributed by atoms with Crippen molar-refractivity contribution in [3.63, 3.8) is 0 Å². The molecule has 0 atom stereocenters. The Labute approximate surface area is 114 Å². The maximum absolute atomic E-state index is 11.7. The molecule has 0 bridgehead atoms. The second-order valence-electron chi connectivity index (χ2n) is 4.09. The van der Waals surface area contributed by atoms with Crippen LogP contribution in [0.4, 0.5) is 5.69 Å². The monoisotopic (exact) mass is 307 g/mol. The largest absolute Gasteiger partial charge is 0.469 e. The van der Waals surface area contributed by atoms with Crippen LogP contribution in [-0.2, 0) is 11.2 Å². The van der Waals surface area contributed by atoms with Crippen molar-refractivity contribution in [2.45, 2.75) is 19.8 Å². The average Bonchev–Trinajstić information content (AvgIpc) is 2.84. The van der Waals surface area contributed by atoms with Crippen molar-refractivity contribution in [3.8, 4) is 0 Å². The smallest absolute Gasteiger partial charge is 0.224 e. The van der Waals surface area contributed by atoms with E-state index in [4.69, 9.17) is 4.42 Å². The lowest BCUT2D eigenvalue weighted by Gasteiger charge is -2.06. The topological polar surface area (TPSA) is 42.2 Å². The minimum absolute atomic E-state index is 0.00637. The summed E-state index contributed by atoms with van der Waals surface area (Å²) in [6, 6.07) is 9.44. The van der Waals surface area contributed by atoms with Crippen LogP contribution < -0.4 is 5.32 Å². The summed E-state index contributed by atoms with van der Waals surface area (Å²) in [5, 5.41) is 2.87. The molecule has 0 saturated heterocycles. The first-order valence-electron chi connectivity index (χ1n) is 5.73. The van der Waals surface area contributed by atoms with E-state index in [0.29, 0.717) is 12.8 Å². The van der Waals surface area contributed by atoms with Gasteiger partial charge in [-0.05, 0) is 42.8 Å². The van der Waals surface area contributed by atoms with Crippen LogP contribution in [0.3, 0.4) is 0 Å². The van der Waals surface area contributed by atoms with Crippen LogP contribution in [0.25, 0.3) is 0 Å². The highest BCUT2D eigenvalue weighted by Crippen LogP contribution is 2.20. The number of furan rings is 1. The SMILES string of the molecule is Cc1cc(NC(=O)CCc2ccco2)ccc1Br. The van der Waals surface area contributed by atoms with Gasteiger partial charge in [-0.2, -0.15) is 0 Å². The Kier molecular flexibility index (Phi) is 4.20. The molecule has 1 heterocycles. The van der Waals surface area contributed by atoms with Crippen LogP contribution in [0.5, 0.6) is 0 Å². The van der Waals surface area contributed by atoms with Crippen LogP contribution in [0.1, 0.15) is 17.7 Å². The summed E-state index contributed by atoms with van der Waals surface area (Å²) in [6.45, 7) is 1.99. The van der Waals surface area contributed by atoms with E-state index in [1.54, 1.807) is 6.26 Å². The van der Waals surface area contributed by atoms with E-state index >= 15 is 0 Å². The van der Waals surface area contributed by atoms with Gasteiger partial charge in [0.05, 0.1) is 6.26 Å². The number of benzene rings is 1. The molecule has 2 rings (SSSR count). The molecule has 94 valence electrons. The van der Waals surface area contributed by atoms with E-state index in [9.17, 15) is 4.79 Å². The van der Waals surface area contributed by atoms with Crippen LogP contribution in [0.15, 0.2) is 45.5 Å². The van der Waals surface area contributed by atoms with Crippen LogP contribution in [-0.4, -0.2) is 5.91 Å². The Balaban J connectivity index is 1.88. The average molecular weight is 308 g/mol. The molecule has 0 unspecified atom stereocenters. The van der Waals surface area contributed by atoms with Gasteiger partial charge in [0.25, 0.3) is 0 Å². The number of anilines is 1. The number of halogens is 1. The van der Waals surface area contributed by atoms with Gasteiger partial charge in [-0.15, -0.1) is 0 Å². The summed E-state index contributed by atoms with van der Waals surface area (Å²) >= 11 is 3.43. The van der Waals surface area contributed by atoms with Gasteiger partial charge in [-0.1, -0.05) is 15.9 Å². The second-order valence-corrected chi connectivity index (χ2v) is 4.95. The lowest BCUT2D eigenvalue weighted by molar-refractivity contribution is -0.116. The molecule has 1 aromatic carbocycles. The molecule has 1 aromatic heterocycles. The summed E-state index contributed by atoms with van der Waals surface area (Å²) in [7, 11) is 0. The molecule has 18 heavy (non-hydrogen) atoms. The van der Waals surface area contributed by atoms with Gasteiger partial charge >= 0.3 is 0 Å². The normalized spacial score (nSPS) is 10.3. The summed E-state index contributed by atoms with van der Waals surface area (Å²) in [5.74, 6) is 0.824. The number of nitrogens with one attached hydrogen (secondary N) is 1. The van der Waals surface area contributed by atoms with Gasteiger partial charge in [0.2, 0.25) is 5.91 Å². The van der Waals surface area contributed by atoms with Crippen molar-refractivity contribution in [2.24, 2.45) is 0 Å². The highest BCUT2D eigenvalue weighted by atomic mass is 79.9. The maximum atomic E-state index is 11.7. The molecule has 0 aliphatic rings. The van der Waals surface area contributed by atoms with Crippen LogP contribution in [0.2, 0.25) is 0 Å². The molecule has 0 fully saturated rings. The first-order valence-corrected chi connectivity index (χ1v) is 6.53. The Hall–Kier alpha value is -1.55. The van der Waals surface area contributed by atoms with Gasteiger partial charge in [-0.25, -0.2) is 0 Å². The fourth-order valence-corrected chi connectivity index (χ4v) is 1.88. The number of carbonyl (C=O) groups is 1. The summed E-state index contributed by atoms with van der Waals surface area (Å²) < 4.78 is 6.22. The fourth-order valence-electron chi connectivity index (χ4n) is 1.64. The summed E-state index contributed by atoms with van der Waals surface area (Å²) in [4.78, 5) is 11.7. The molecule has 4 heteroatoms. The van der Waals surface area contributed by atoms with Crippen molar-refractivity contribution < 1.29 is 9.21 Å². The predicted octanol–water partition coefficient (Wildman–Crippen LogP) is 3.92. The quantitative estimate of drug-likeness (QED) is 0.930. The Morgan fingerprint density at radius 3 is 2.89 bits per heavy atom. The highest BCUT2D eigenvalue weighted by molar-refractivity contribution is 9.10. The number of rotatable bonds is 4. The minimum Gasteiger partial charge on any atom is -0.469 e. The number of amides is 1.